The summed E-state index contributed by atoms with van der Waals surface area (Å²) in [4.78, 5) is 12.9. The van der Waals surface area contributed by atoms with Crippen molar-refractivity contribution in [2.75, 3.05) is 11.1 Å². The molecule has 0 bridgehead atoms. The van der Waals surface area contributed by atoms with Crippen LogP contribution >= 0.6 is 11.8 Å². The van der Waals surface area contributed by atoms with Crippen LogP contribution in [0.25, 0.3) is 28.3 Å². The Labute approximate surface area is 207 Å². The Hall–Kier alpha value is -4.11. The van der Waals surface area contributed by atoms with Crippen molar-refractivity contribution in [3.63, 3.8) is 0 Å². The second kappa shape index (κ2) is 9.63. The maximum Gasteiger partial charge on any atom is 0.236 e. The first kappa shape index (κ1) is 22.7. The fraction of sp³-hybridized carbons (Fsp3) is 0.154. The van der Waals surface area contributed by atoms with Crippen LogP contribution in [0.2, 0.25) is 0 Å². The van der Waals surface area contributed by atoms with Gasteiger partial charge in [-0.25, -0.2) is 4.68 Å². The van der Waals surface area contributed by atoms with Crippen LogP contribution in [-0.2, 0) is 11.8 Å². The number of furan rings is 1. The Kier molecular flexibility index (Phi) is 6.24. The number of hydrogen-bond acceptors (Lipinski definition) is 6. The van der Waals surface area contributed by atoms with Gasteiger partial charge in [0.05, 0.1) is 29.0 Å². The molecule has 1 amide bonds. The van der Waals surface area contributed by atoms with E-state index >= 15 is 0 Å². The molecule has 0 aliphatic heterocycles. The zero-order chi connectivity index (χ0) is 24.4. The Morgan fingerprint density at radius 1 is 1.03 bits per heavy atom. The lowest BCUT2D eigenvalue weighted by molar-refractivity contribution is -0.113. The van der Waals surface area contributed by atoms with Crippen molar-refractivity contribution < 1.29 is 9.21 Å². The highest BCUT2D eigenvalue weighted by Crippen LogP contribution is 2.27. The molecule has 0 saturated heterocycles. The van der Waals surface area contributed by atoms with Crippen LogP contribution in [0.15, 0.2) is 82.6 Å². The quantitative estimate of drug-likeness (QED) is 0.316. The number of aryl methyl sites for hydroxylation is 2. The summed E-state index contributed by atoms with van der Waals surface area (Å²) in [7, 11) is 1.88. The summed E-state index contributed by atoms with van der Waals surface area (Å²) in [6.07, 6.45) is 1.63. The molecular weight excluding hydrogens is 460 g/mol. The van der Waals surface area contributed by atoms with Gasteiger partial charge >= 0.3 is 0 Å². The lowest BCUT2D eigenvalue weighted by atomic mass is 10.1. The van der Waals surface area contributed by atoms with E-state index in [-0.39, 0.29) is 11.7 Å². The monoisotopic (exact) mass is 484 g/mol. The summed E-state index contributed by atoms with van der Waals surface area (Å²) in [5.41, 5.74) is 4.69. The van der Waals surface area contributed by atoms with E-state index in [1.165, 1.54) is 17.3 Å². The van der Waals surface area contributed by atoms with Crippen LogP contribution in [0.4, 0.5) is 5.82 Å². The highest BCUT2D eigenvalue weighted by molar-refractivity contribution is 7.99. The fourth-order valence-corrected chi connectivity index (χ4v) is 4.41. The van der Waals surface area contributed by atoms with Crippen LogP contribution in [0.3, 0.4) is 0 Å². The van der Waals surface area contributed by atoms with E-state index in [0.29, 0.717) is 16.8 Å². The minimum absolute atomic E-state index is 0.161. The summed E-state index contributed by atoms with van der Waals surface area (Å²) >= 11 is 1.32. The first-order valence-electron chi connectivity index (χ1n) is 11.1. The van der Waals surface area contributed by atoms with Crippen molar-refractivity contribution in [3.8, 4) is 28.3 Å². The van der Waals surface area contributed by atoms with Gasteiger partial charge in [0.25, 0.3) is 0 Å². The lowest BCUT2D eigenvalue weighted by Crippen LogP contribution is -2.17. The second-order valence-corrected chi connectivity index (χ2v) is 9.06. The van der Waals surface area contributed by atoms with E-state index in [0.717, 1.165) is 28.3 Å². The number of nitrogens with one attached hydrogen (secondary N) is 1. The minimum Gasteiger partial charge on any atom is -0.469 e. The number of para-hydroxylation sites is 1. The fourth-order valence-electron chi connectivity index (χ4n) is 3.70. The van der Waals surface area contributed by atoms with Crippen LogP contribution in [0.5, 0.6) is 0 Å². The van der Waals surface area contributed by atoms with Gasteiger partial charge in [0, 0.05) is 18.7 Å². The molecule has 1 N–H and O–H groups in total. The molecule has 0 radical (unpaired) electrons. The predicted molar refractivity (Wildman–Crippen MR) is 137 cm³/mol. The number of hydrogen-bond donors (Lipinski definition) is 1. The van der Waals surface area contributed by atoms with E-state index in [4.69, 9.17) is 9.52 Å². The van der Waals surface area contributed by atoms with Gasteiger partial charge in [-0.3, -0.25) is 4.79 Å². The van der Waals surface area contributed by atoms with Gasteiger partial charge in [-0.15, -0.1) is 10.2 Å². The third kappa shape index (κ3) is 4.76. The molecule has 35 heavy (non-hydrogen) atoms. The van der Waals surface area contributed by atoms with Crippen molar-refractivity contribution in [1.82, 2.24) is 24.5 Å². The van der Waals surface area contributed by atoms with Gasteiger partial charge < -0.3 is 14.3 Å². The first-order chi connectivity index (χ1) is 17.0. The SMILES string of the molecule is Cc1ccc(-c2cc(NC(=O)CSc3nnc(-c4ccoc4C)n3C)n(-c3ccccc3)n2)cc1. The van der Waals surface area contributed by atoms with Crippen molar-refractivity contribution in [2.45, 2.75) is 19.0 Å². The smallest absolute Gasteiger partial charge is 0.236 e. The molecule has 5 aromatic rings. The highest BCUT2D eigenvalue weighted by atomic mass is 32.2. The molecule has 0 spiro atoms. The molecular formula is C26H24N6O2S. The largest absolute Gasteiger partial charge is 0.469 e. The molecule has 0 fully saturated rings. The summed E-state index contributed by atoms with van der Waals surface area (Å²) in [6.45, 7) is 3.93. The summed E-state index contributed by atoms with van der Waals surface area (Å²) in [5.74, 6) is 2.09. The normalized spacial score (nSPS) is 11.1. The average Bonchev–Trinajstić information content (AvgIpc) is 3.57. The number of rotatable bonds is 7. The van der Waals surface area contributed by atoms with Gasteiger partial charge in [-0.1, -0.05) is 59.8 Å². The average molecular weight is 485 g/mol. The number of thioether (sulfide) groups is 1. The lowest BCUT2D eigenvalue weighted by Gasteiger charge is -2.08. The van der Waals surface area contributed by atoms with Crippen LogP contribution in [0.1, 0.15) is 11.3 Å². The number of amides is 1. The maximum absolute atomic E-state index is 12.9. The number of carbonyl (C=O) groups is 1. The van der Waals surface area contributed by atoms with Gasteiger partial charge in [-0.05, 0) is 32.0 Å². The van der Waals surface area contributed by atoms with Crippen LogP contribution < -0.4 is 5.32 Å². The number of nitrogens with zero attached hydrogens (tertiary/aromatic N) is 5. The van der Waals surface area contributed by atoms with E-state index in [2.05, 4.69) is 15.5 Å². The molecule has 0 aliphatic carbocycles. The molecule has 0 aliphatic rings. The van der Waals surface area contributed by atoms with Gasteiger partial charge in [0.2, 0.25) is 5.91 Å². The predicted octanol–water partition coefficient (Wildman–Crippen LogP) is 5.28. The molecule has 8 nitrogen and oxygen atoms in total. The molecule has 0 atom stereocenters. The minimum atomic E-state index is -0.161. The van der Waals surface area contributed by atoms with Crippen molar-refractivity contribution in [3.05, 3.63) is 84.3 Å². The van der Waals surface area contributed by atoms with Gasteiger partial charge in [0.1, 0.15) is 11.6 Å². The van der Waals surface area contributed by atoms with E-state index in [9.17, 15) is 4.79 Å². The highest BCUT2D eigenvalue weighted by Gasteiger charge is 2.17. The molecule has 3 heterocycles. The van der Waals surface area contributed by atoms with E-state index < -0.39 is 0 Å². The van der Waals surface area contributed by atoms with Gasteiger partial charge in [0.15, 0.2) is 11.0 Å². The van der Waals surface area contributed by atoms with Crippen LogP contribution in [-0.4, -0.2) is 36.2 Å². The molecule has 5 rings (SSSR count). The van der Waals surface area contributed by atoms with E-state index in [1.54, 1.807) is 10.9 Å². The molecule has 0 saturated carbocycles. The topological polar surface area (TPSA) is 90.8 Å². The molecule has 2 aromatic carbocycles. The molecule has 9 heteroatoms. The zero-order valence-corrected chi connectivity index (χ0v) is 20.4. The Morgan fingerprint density at radius 3 is 2.51 bits per heavy atom. The van der Waals surface area contributed by atoms with Crippen LogP contribution in [0, 0.1) is 13.8 Å². The summed E-state index contributed by atoms with van der Waals surface area (Å²) in [6, 6.07) is 21.6. The van der Waals surface area contributed by atoms with Gasteiger partial charge in [-0.2, -0.15) is 5.10 Å². The Morgan fingerprint density at radius 2 is 1.80 bits per heavy atom. The third-order valence-electron chi connectivity index (χ3n) is 5.59. The zero-order valence-electron chi connectivity index (χ0n) is 19.6. The Bertz CT molecular complexity index is 1470. The molecule has 0 unspecified atom stereocenters. The number of carbonyl (C=O) groups excluding carboxylic acids is 1. The summed E-state index contributed by atoms with van der Waals surface area (Å²) < 4.78 is 8.99. The Balaban J connectivity index is 1.35. The molecule has 176 valence electrons. The van der Waals surface area contributed by atoms with Crippen molar-refractivity contribution >= 4 is 23.5 Å². The number of benzene rings is 2. The second-order valence-electron chi connectivity index (χ2n) is 8.12. The third-order valence-corrected chi connectivity index (χ3v) is 6.61. The van der Waals surface area contributed by atoms with E-state index in [1.807, 2.05) is 92.2 Å². The van der Waals surface area contributed by atoms with Crippen molar-refractivity contribution in [1.29, 1.82) is 0 Å². The molecule has 3 aromatic heterocycles. The standard InChI is InChI=1S/C26H24N6O2S/c1-17-9-11-19(12-10-17)22-15-23(32(30-22)20-7-5-4-6-8-20)27-24(33)16-35-26-29-28-25(31(26)3)21-13-14-34-18(21)2/h4-15H,16H2,1-3H3,(H,27,33). The number of anilines is 1. The summed E-state index contributed by atoms with van der Waals surface area (Å²) in [5, 5.41) is 16.9. The maximum atomic E-state index is 12.9. The number of aromatic nitrogens is 5. The van der Waals surface area contributed by atoms with Crippen molar-refractivity contribution in [2.24, 2.45) is 7.05 Å². The first-order valence-corrected chi connectivity index (χ1v) is 12.1.